The number of thiophene rings is 1. The van der Waals surface area contributed by atoms with E-state index in [0.717, 1.165) is 35.8 Å². The molecule has 0 saturated heterocycles. The summed E-state index contributed by atoms with van der Waals surface area (Å²) in [6, 6.07) is 8.93. The normalized spacial score (nSPS) is 15.3. The fraction of sp³-hybridized carbons (Fsp3) is 0.379. The van der Waals surface area contributed by atoms with E-state index in [2.05, 4.69) is 42.2 Å². The van der Waals surface area contributed by atoms with E-state index in [1.807, 2.05) is 0 Å². The van der Waals surface area contributed by atoms with Crippen LogP contribution in [0.15, 0.2) is 30.3 Å². The first-order valence-electron chi connectivity index (χ1n) is 12.9. The Hall–Kier alpha value is -4.11. The van der Waals surface area contributed by atoms with Gasteiger partial charge in [-0.3, -0.25) is 4.79 Å². The molecule has 12 heteroatoms. The van der Waals surface area contributed by atoms with Crippen molar-refractivity contribution in [2.24, 2.45) is 11.3 Å². The molecular formula is C29H28F3N5O3S. The molecule has 1 atom stereocenters. The van der Waals surface area contributed by atoms with Crippen LogP contribution in [0.1, 0.15) is 59.4 Å². The average Bonchev–Trinajstić information content (AvgIpc) is 3.51. The number of methoxy groups -OCH3 is 2. The molecule has 0 radical (unpaired) electrons. The van der Waals surface area contributed by atoms with Gasteiger partial charge in [0.2, 0.25) is 0 Å². The van der Waals surface area contributed by atoms with E-state index in [1.54, 1.807) is 12.1 Å². The number of anilines is 1. The molecule has 1 aliphatic carbocycles. The highest BCUT2D eigenvalue weighted by Crippen LogP contribution is 2.44. The van der Waals surface area contributed by atoms with E-state index in [-0.39, 0.29) is 22.5 Å². The summed E-state index contributed by atoms with van der Waals surface area (Å²) in [5.74, 6) is 0.458. The van der Waals surface area contributed by atoms with Crippen molar-refractivity contribution in [3.63, 3.8) is 0 Å². The number of rotatable bonds is 5. The maximum atomic E-state index is 14.1. The summed E-state index contributed by atoms with van der Waals surface area (Å²) < 4.78 is 53.4. The Morgan fingerprint density at radius 1 is 1.15 bits per heavy atom. The molecule has 0 spiro atoms. The van der Waals surface area contributed by atoms with Crippen molar-refractivity contribution in [3.05, 3.63) is 57.7 Å². The van der Waals surface area contributed by atoms with Gasteiger partial charge in [-0.25, -0.2) is 9.50 Å². The lowest BCUT2D eigenvalue weighted by atomic mass is 9.72. The molecule has 0 aliphatic heterocycles. The highest BCUT2D eigenvalue weighted by Gasteiger charge is 2.36. The quantitative estimate of drug-likeness (QED) is 0.278. The number of ether oxygens (including phenoxy) is 2. The standard InChI is InChI=1S/C29H28F3N5O3S/c1-28(2,3)16-7-8-17-18(14-33)27(41-23(17)11-16)35-26(38)20-13-25-34-19(12-24(29(30,31)32)37(25)36-20)15-6-9-21(39-4)22(10-15)40-5/h6,9-10,12-13,16H,7-8,11H2,1-5H3,(H,35,38). The largest absolute Gasteiger partial charge is 0.493 e. The highest BCUT2D eigenvalue weighted by molar-refractivity contribution is 7.16. The molecule has 4 aromatic rings. The number of amides is 1. The Labute approximate surface area is 238 Å². The molecule has 1 aliphatic rings. The van der Waals surface area contributed by atoms with Crippen molar-refractivity contribution in [1.29, 1.82) is 5.26 Å². The van der Waals surface area contributed by atoms with Gasteiger partial charge in [-0.15, -0.1) is 11.3 Å². The van der Waals surface area contributed by atoms with E-state index in [1.165, 1.54) is 37.7 Å². The van der Waals surface area contributed by atoms with Crippen molar-refractivity contribution >= 4 is 27.9 Å². The molecule has 5 rings (SSSR count). The van der Waals surface area contributed by atoms with Crippen LogP contribution in [0.3, 0.4) is 0 Å². The Morgan fingerprint density at radius 3 is 2.51 bits per heavy atom. The van der Waals surface area contributed by atoms with E-state index in [9.17, 15) is 23.2 Å². The number of aromatic nitrogens is 3. The molecule has 214 valence electrons. The van der Waals surface area contributed by atoms with Gasteiger partial charge in [0.1, 0.15) is 11.1 Å². The number of hydrogen-bond acceptors (Lipinski definition) is 7. The molecule has 1 unspecified atom stereocenters. The van der Waals surface area contributed by atoms with Crippen LogP contribution in [0.5, 0.6) is 11.5 Å². The SMILES string of the molecule is COc1ccc(-c2cc(C(F)(F)F)n3nc(C(=O)Nc4sc5c(c4C#N)CCC(C(C)(C)C)C5)cc3n2)cc1OC. The first-order chi connectivity index (χ1) is 19.3. The summed E-state index contributed by atoms with van der Waals surface area (Å²) >= 11 is 1.34. The molecule has 1 aromatic carbocycles. The Balaban J connectivity index is 1.51. The van der Waals surface area contributed by atoms with Gasteiger partial charge >= 0.3 is 6.18 Å². The van der Waals surface area contributed by atoms with Gasteiger partial charge in [0.05, 0.1) is 25.5 Å². The third kappa shape index (κ3) is 5.34. The molecule has 1 N–H and O–H groups in total. The number of nitrogens with one attached hydrogen (secondary N) is 1. The van der Waals surface area contributed by atoms with Crippen molar-refractivity contribution in [1.82, 2.24) is 14.6 Å². The van der Waals surface area contributed by atoms with Gasteiger partial charge in [-0.05, 0) is 60.4 Å². The van der Waals surface area contributed by atoms with E-state index in [4.69, 9.17) is 9.47 Å². The number of carbonyl (C=O) groups is 1. The van der Waals surface area contributed by atoms with E-state index in [0.29, 0.717) is 38.1 Å². The molecule has 1 amide bonds. The molecule has 0 bridgehead atoms. The minimum absolute atomic E-state index is 0.0173. The zero-order valence-corrected chi connectivity index (χ0v) is 24.0. The first kappa shape index (κ1) is 28.4. The lowest BCUT2D eigenvalue weighted by Gasteiger charge is -2.33. The lowest BCUT2D eigenvalue weighted by Crippen LogP contribution is -2.26. The summed E-state index contributed by atoms with van der Waals surface area (Å²) in [5.41, 5.74) is 0.312. The molecule has 0 fully saturated rings. The molecule has 3 heterocycles. The third-order valence-corrected chi connectivity index (χ3v) is 8.63. The van der Waals surface area contributed by atoms with E-state index < -0.39 is 17.8 Å². The molecule has 41 heavy (non-hydrogen) atoms. The lowest BCUT2D eigenvalue weighted by molar-refractivity contribution is -0.142. The Morgan fingerprint density at radius 2 is 1.88 bits per heavy atom. The number of nitrogens with zero attached hydrogens (tertiary/aromatic N) is 4. The smallest absolute Gasteiger partial charge is 0.433 e. The van der Waals surface area contributed by atoms with Crippen molar-refractivity contribution in [3.8, 4) is 28.8 Å². The minimum atomic E-state index is -4.78. The summed E-state index contributed by atoms with van der Waals surface area (Å²) in [6.07, 6.45) is -2.30. The number of carbonyl (C=O) groups excluding carboxylic acids is 1. The van der Waals surface area contributed by atoms with Gasteiger partial charge in [0.15, 0.2) is 28.5 Å². The first-order valence-corrected chi connectivity index (χ1v) is 13.7. The van der Waals surface area contributed by atoms with Gasteiger partial charge in [0, 0.05) is 16.5 Å². The van der Waals surface area contributed by atoms with Crippen molar-refractivity contribution in [2.75, 3.05) is 19.5 Å². The highest BCUT2D eigenvalue weighted by atomic mass is 32.1. The monoisotopic (exact) mass is 583 g/mol. The number of fused-ring (bicyclic) bond motifs is 2. The summed E-state index contributed by atoms with van der Waals surface area (Å²) in [7, 11) is 2.88. The number of nitriles is 1. The van der Waals surface area contributed by atoms with Gasteiger partial charge in [0.25, 0.3) is 5.91 Å². The Kier molecular flexibility index (Phi) is 7.19. The zero-order chi connectivity index (χ0) is 29.7. The number of hydrogen-bond donors (Lipinski definition) is 1. The zero-order valence-electron chi connectivity index (χ0n) is 23.1. The van der Waals surface area contributed by atoms with Crippen molar-refractivity contribution < 1.29 is 27.4 Å². The Bertz CT molecular complexity index is 1690. The summed E-state index contributed by atoms with van der Waals surface area (Å²) in [4.78, 5) is 18.6. The van der Waals surface area contributed by atoms with Crippen LogP contribution in [-0.2, 0) is 19.0 Å². The van der Waals surface area contributed by atoms with Crippen LogP contribution >= 0.6 is 11.3 Å². The second-order valence-electron chi connectivity index (χ2n) is 11.0. The summed E-state index contributed by atoms with van der Waals surface area (Å²) in [6.45, 7) is 6.56. The molecular weight excluding hydrogens is 555 g/mol. The fourth-order valence-corrected chi connectivity index (χ4v) is 6.40. The average molecular weight is 584 g/mol. The summed E-state index contributed by atoms with van der Waals surface area (Å²) in [5, 5.41) is 16.9. The molecule has 3 aromatic heterocycles. The second kappa shape index (κ2) is 10.4. The van der Waals surface area contributed by atoms with Crippen LogP contribution in [0.25, 0.3) is 16.9 Å². The molecule has 8 nitrogen and oxygen atoms in total. The van der Waals surface area contributed by atoms with Crippen LogP contribution in [-0.4, -0.2) is 34.7 Å². The maximum Gasteiger partial charge on any atom is 0.433 e. The van der Waals surface area contributed by atoms with Crippen LogP contribution < -0.4 is 14.8 Å². The van der Waals surface area contributed by atoms with Crippen molar-refractivity contribution in [2.45, 2.75) is 46.2 Å². The van der Waals surface area contributed by atoms with Crippen LogP contribution in [0, 0.1) is 22.7 Å². The fourth-order valence-electron chi connectivity index (χ4n) is 5.13. The van der Waals surface area contributed by atoms with E-state index >= 15 is 0 Å². The predicted molar refractivity (Wildman–Crippen MR) is 148 cm³/mol. The maximum absolute atomic E-state index is 14.1. The van der Waals surface area contributed by atoms with Gasteiger partial charge < -0.3 is 14.8 Å². The van der Waals surface area contributed by atoms with Gasteiger partial charge in [-0.1, -0.05) is 20.8 Å². The predicted octanol–water partition coefficient (Wildman–Crippen LogP) is 6.77. The van der Waals surface area contributed by atoms with Gasteiger partial charge in [-0.2, -0.15) is 23.5 Å². The van der Waals surface area contributed by atoms with Crippen LogP contribution in [0.2, 0.25) is 0 Å². The number of alkyl halides is 3. The molecule has 0 saturated carbocycles. The van der Waals surface area contributed by atoms with Crippen LogP contribution in [0.4, 0.5) is 18.2 Å². The second-order valence-corrected chi connectivity index (χ2v) is 12.1. The minimum Gasteiger partial charge on any atom is -0.493 e. The topological polar surface area (TPSA) is 102 Å². The number of benzene rings is 1. The third-order valence-electron chi connectivity index (χ3n) is 7.46. The number of halogens is 3.